The molecule has 0 aliphatic carbocycles. The van der Waals surface area contributed by atoms with Gasteiger partial charge in [0.05, 0.1) is 17.3 Å². The Kier molecular flexibility index (Phi) is 6.54. The monoisotopic (exact) mass is 455 g/mol. The van der Waals surface area contributed by atoms with E-state index in [0.29, 0.717) is 5.56 Å². The number of carbonyl (C=O) groups excluding carboxylic acids is 1. The van der Waals surface area contributed by atoms with E-state index in [4.69, 9.17) is 0 Å². The van der Waals surface area contributed by atoms with E-state index in [2.05, 4.69) is 15.1 Å². The number of aromatic nitrogens is 2. The SMILES string of the molecule is CC(C)Sc1nc2cc(OC(F)(F)F)ccc2c(=O)n1NC(=O)Cc1ccc(F)cc1. The molecule has 0 aliphatic heterocycles. The summed E-state index contributed by atoms with van der Waals surface area (Å²) in [4.78, 5) is 29.7. The minimum atomic E-state index is -4.88. The Labute approximate surface area is 178 Å². The molecule has 164 valence electrons. The first kappa shape index (κ1) is 22.6. The van der Waals surface area contributed by atoms with E-state index in [-0.39, 0.29) is 27.7 Å². The van der Waals surface area contributed by atoms with Gasteiger partial charge in [0, 0.05) is 11.3 Å². The third-order valence-electron chi connectivity index (χ3n) is 3.90. The minimum Gasteiger partial charge on any atom is -0.406 e. The van der Waals surface area contributed by atoms with Crippen molar-refractivity contribution in [3.8, 4) is 5.75 Å². The summed E-state index contributed by atoms with van der Waals surface area (Å²) in [6, 6.07) is 8.49. The molecular weight excluding hydrogens is 438 g/mol. The molecule has 3 aromatic rings. The normalized spacial score (nSPS) is 11.7. The van der Waals surface area contributed by atoms with Gasteiger partial charge in [-0.15, -0.1) is 13.2 Å². The second kappa shape index (κ2) is 8.96. The molecule has 1 amide bonds. The van der Waals surface area contributed by atoms with Crippen LogP contribution in [-0.4, -0.2) is 27.2 Å². The van der Waals surface area contributed by atoms with Crippen molar-refractivity contribution >= 4 is 28.6 Å². The molecule has 2 aromatic carbocycles. The summed E-state index contributed by atoms with van der Waals surface area (Å²) >= 11 is 1.15. The molecule has 0 aliphatic rings. The van der Waals surface area contributed by atoms with Gasteiger partial charge in [-0.25, -0.2) is 9.37 Å². The van der Waals surface area contributed by atoms with Crippen molar-refractivity contribution in [1.29, 1.82) is 0 Å². The van der Waals surface area contributed by atoms with Gasteiger partial charge in [-0.2, -0.15) is 4.68 Å². The maximum atomic E-state index is 13.0. The van der Waals surface area contributed by atoms with Crippen LogP contribution in [0.15, 0.2) is 52.4 Å². The van der Waals surface area contributed by atoms with Crippen LogP contribution in [0, 0.1) is 5.82 Å². The highest BCUT2D eigenvalue weighted by Gasteiger charge is 2.31. The molecule has 1 heterocycles. The third kappa shape index (κ3) is 5.97. The molecule has 0 spiro atoms. The molecule has 0 fully saturated rings. The molecule has 0 saturated heterocycles. The molecule has 0 radical (unpaired) electrons. The molecule has 6 nitrogen and oxygen atoms in total. The molecule has 0 atom stereocenters. The first-order valence-corrected chi connectivity index (χ1v) is 9.93. The Morgan fingerprint density at radius 3 is 2.48 bits per heavy atom. The van der Waals surface area contributed by atoms with Gasteiger partial charge in [0.1, 0.15) is 11.6 Å². The number of nitrogens with zero attached hydrogens (tertiary/aromatic N) is 2. The van der Waals surface area contributed by atoms with E-state index in [9.17, 15) is 27.2 Å². The molecule has 0 saturated carbocycles. The number of ether oxygens (including phenoxy) is 1. The number of benzene rings is 2. The number of amides is 1. The predicted molar refractivity (Wildman–Crippen MR) is 108 cm³/mol. The third-order valence-corrected chi connectivity index (χ3v) is 4.86. The summed E-state index contributed by atoms with van der Waals surface area (Å²) < 4.78 is 55.4. The molecule has 1 aromatic heterocycles. The number of alkyl halides is 3. The fourth-order valence-electron chi connectivity index (χ4n) is 2.68. The number of halogens is 4. The Bertz CT molecular complexity index is 1160. The van der Waals surface area contributed by atoms with E-state index < -0.39 is 29.4 Å². The quantitative estimate of drug-likeness (QED) is 0.342. The van der Waals surface area contributed by atoms with Crippen LogP contribution in [0.4, 0.5) is 17.6 Å². The van der Waals surface area contributed by atoms with Crippen LogP contribution in [-0.2, 0) is 11.2 Å². The Morgan fingerprint density at radius 2 is 1.87 bits per heavy atom. The summed E-state index contributed by atoms with van der Waals surface area (Å²) in [5.41, 5.74) is 2.35. The van der Waals surface area contributed by atoms with Crippen LogP contribution < -0.4 is 15.7 Å². The van der Waals surface area contributed by atoms with E-state index in [1.54, 1.807) is 0 Å². The van der Waals surface area contributed by atoms with Gasteiger partial charge in [-0.1, -0.05) is 37.7 Å². The summed E-state index contributed by atoms with van der Waals surface area (Å²) in [5, 5.41) is 0.0630. The molecule has 3 rings (SSSR count). The maximum absolute atomic E-state index is 13.0. The summed E-state index contributed by atoms with van der Waals surface area (Å²) in [5.74, 6) is -1.49. The van der Waals surface area contributed by atoms with Crippen molar-refractivity contribution in [3.63, 3.8) is 0 Å². The number of nitrogens with one attached hydrogen (secondary N) is 1. The van der Waals surface area contributed by atoms with Crippen molar-refractivity contribution in [2.75, 3.05) is 5.43 Å². The molecule has 1 N–H and O–H groups in total. The highest BCUT2D eigenvalue weighted by Crippen LogP contribution is 2.27. The average molecular weight is 455 g/mol. The van der Waals surface area contributed by atoms with Crippen LogP contribution >= 0.6 is 11.8 Å². The second-order valence-corrected chi connectivity index (χ2v) is 8.31. The fraction of sp³-hybridized carbons (Fsp3) is 0.250. The van der Waals surface area contributed by atoms with Crippen molar-refractivity contribution < 1.29 is 27.1 Å². The van der Waals surface area contributed by atoms with Gasteiger partial charge in [0.15, 0.2) is 5.16 Å². The maximum Gasteiger partial charge on any atom is 0.573 e. The van der Waals surface area contributed by atoms with Gasteiger partial charge in [-0.3, -0.25) is 15.0 Å². The predicted octanol–water partition coefficient (Wildman–Crippen LogP) is 4.25. The van der Waals surface area contributed by atoms with Crippen molar-refractivity contribution in [3.05, 3.63) is 64.2 Å². The van der Waals surface area contributed by atoms with E-state index in [1.807, 2.05) is 13.8 Å². The summed E-state index contributed by atoms with van der Waals surface area (Å²) in [6.07, 6.45) is -5.00. The van der Waals surface area contributed by atoms with Crippen molar-refractivity contribution in [2.45, 2.75) is 37.0 Å². The van der Waals surface area contributed by atoms with Crippen LogP contribution in [0.5, 0.6) is 5.75 Å². The van der Waals surface area contributed by atoms with E-state index in [1.165, 1.54) is 24.3 Å². The highest BCUT2D eigenvalue weighted by atomic mass is 32.2. The Hall–Kier alpha value is -3.08. The molecule has 31 heavy (non-hydrogen) atoms. The largest absolute Gasteiger partial charge is 0.573 e. The summed E-state index contributed by atoms with van der Waals surface area (Å²) in [6.45, 7) is 3.66. The van der Waals surface area contributed by atoms with Crippen molar-refractivity contribution in [2.24, 2.45) is 0 Å². The first-order chi connectivity index (χ1) is 14.5. The average Bonchev–Trinajstić information content (AvgIpc) is 2.65. The van der Waals surface area contributed by atoms with Crippen LogP contribution in [0.3, 0.4) is 0 Å². The van der Waals surface area contributed by atoms with Crippen LogP contribution in [0.25, 0.3) is 10.9 Å². The minimum absolute atomic E-state index is 0.000987. The molecular formula is C20H17F4N3O3S. The number of fused-ring (bicyclic) bond motifs is 1. The molecule has 0 unspecified atom stereocenters. The number of hydrogen-bond donors (Lipinski definition) is 1. The molecule has 11 heteroatoms. The van der Waals surface area contributed by atoms with Gasteiger partial charge in [-0.05, 0) is 29.8 Å². The number of hydrogen-bond acceptors (Lipinski definition) is 5. The van der Waals surface area contributed by atoms with Crippen LogP contribution in [0.1, 0.15) is 19.4 Å². The molecule has 0 bridgehead atoms. The zero-order chi connectivity index (χ0) is 22.8. The second-order valence-electron chi connectivity index (χ2n) is 6.77. The number of carbonyl (C=O) groups is 1. The van der Waals surface area contributed by atoms with Crippen molar-refractivity contribution in [1.82, 2.24) is 9.66 Å². The first-order valence-electron chi connectivity index (χ1n) is 9.05. The zero-order valence-electron chi connectivity index (χ0n) is 16.4. The number of thioether (sulfide) groups is 1. The lowest BCUT2D eigenvalue weighted by Gasteiger charge is -2.16. The number of rotatable bonds is 6. The van der Waals surface area contributed by atoms with E-state index >= 15 is 0 Å². The van der Waals surface area contributed by atoms with Gasteiger partial charge in [0.2, 0.25) is 5.91 Å². The zero-order valence-corrected chi connectivity index (χ0v) is 17.2. The van der Waals surface area contributed by atoms with E-state index in [0.717, 1.165) is 34.6 Å². The lowest BCUT2D eigenvalue weighted by atomic mass is 10.1. The van der Waals surface area contributed by atoms with Gasteiger partial charge < -0.3 is 4.74 Å². The topological polar surface area (TPSA) is 73.2 Å². The lowest BCUT2D eigenvalue weighted by molar-refractivity contribution is -0.274. The van der Waals surface area contributed by atoms with Gasteiger partial charge >= 0.3 is 6.36 Å². The summed E-state index contributed by atoms with van der Waals surface area (Å²) in [7, 11) is 0. The Balaban J connectivity index is 1.97. The lowest BCUT2D eigenvalue weighted by Crippen LogP contribution is -2.36. The Morgan fingerprint density at radius 1 is 1.19 bits per heavy atom. The highest BCUT2D eigenvalue weighted by molar-refractivity contribution is 7.99. The standard InChI is InChI=1S/C20H17F4N3O3S/c1-11(2)31-19-25-16-10-14(30-20(22,23)24)7-8-15(16)18(29)27(19)26-17(28)9-12-3-5-13(21)6-4-12/h3-8,10-11H,9H2,1-2H3,(H,26,28). The smallest absolute Gasteiger partial charge is 0.406 e. The fourth-order valence-corrected chi connectivity index (χ4v) is 3.49. The van der Waals surface area contributed by atoms with Gasteiger partial charge in [0.25, 0.3) is 5.56 Å². The van der Waals surface area contributed by atoms with Crippen LogP contribution in [0.2, 0.25) is 0 Å².